The van der Waals surface area contributed by atoms with Crippen molar-refractivity contribution < 1.29 is 23.9 Å². The van der Waals surface area contributed by atoms with Gasteiger partial charge in [0.2, 0.25) is 0 Å². The molecule has 1 aliphatic rings. The van der Waals surface area contributed by atoms with Crippen LogP contribution in [0.4, 0.5) is 5.69 Å². The second-order valence-electron chi connectivity index (χ2n) is 7.86. The third-order valence-electron chi connectivity index (χ3n) is 5.21. The van der Waals surface area contributed by atoms with Crippen molar-refractivity contribution in [2.75, 3.05) is 25.1 Å². The number of anilines is 1. The number of benzene rings is 2. The van der Waals surface area contributed by atoms with E-state index >= 15 is 0 Å². The molecule has 1 fully saturated rings. The Hall–Kier alpha value is -3.24. The van der Waals surface area contributed by atoms with Crippen molar-refractivity contribution in [2.24, 2.45) is 5.10 Å². The monoisotopic (exact) mass is 530 g/mol. The van der Waals surface area contributed by atoms with Gasteiger partial charge in [-0.3, -0.25) is 14.4 Å². The number of hydrogen-bond donors (Lipinski definition) is 3. The number of nitrogens with zero attached hydrogens (tertiary/aromatic N) is 1. The van der Waals surface area contributed by atoms with E-state index in [0.717, 1.165) is 28.4 Å². The Kier molecular flexibility index (Phi) is 9.17. The van der Waals surface area contributed by atoms with E-state index in [1.54, 1.807) is 18.2 Å². The maximum atomic E-state index is 12.3. The van der Waals surface area contributed by atoms with Crippen LogP contribution < -0.4 is 20.8 Å². The maximum absolute atomic E-state index is 12.3. The first-order valence-corrected chi connectivity index (χ1v) is 11.6. The van der Waals surface area contributed by atoms with Crippen molar-refractivity contribution in [2.45, 2.75) is 32.8 Å². The Balaban J connectivity index is 1.52. The summed E-state index contributed by atoms with van der Waals surface area (Å²) < 4.78 is 11.8. The van der Waals surface area contributed by atoms with Gasteiger partial charge in [0, 0.05) is 28.9 Å². The summed E-state index contributed by atoms with van der Waals surface area (Å²) in [5.41, 5.74) is 5.60. The zero-order valence-corrected chi connectivity index (χ0v) is 20.6. The molecule has 1 heterocycles. The fourth-order valence-electron chi connectivity index (χ4n) is 3.21. The van der Waals surface area contributed by atoms with Gasteiger partial charge in [0.1, 0.15) is 5.75 Å². The highest BCUT2D eigenvalue weighted by Crippen LogP contribution is 2.22. The number of ether oxygens (including phenoxy) is 2. The van der Waals surface area contributed by atoms with Gasteiger partial charge in [-0.2, -0.15) is 5.10 Å². The first-order valence-electron chi connectivity index (χ1n) is 10.8. The van der Waals surface area contributed by atoms with Crippen molar-refractivity contribution in [3.05, 3.63) is 57.6 Å². The molecule has 3 amide bonds. The van der Waals surface area contributed by atoms with Gasteiger partial charge >= 0.3 is 11.8 Å². The molecule has 0 spiro atoms. The lowest BCUT2D eigenvalue weighted by atomic mass is 10.1. The minimum Gasteiger partial charge on any atom is -0.483 e. The third kappa shape index (κ3) is 7.67. The van der Waals surface area contributed by atoms with E-state index < -0.39 is 11.8 Å². The van der Waals surface area contributed by atoms with Crippen LogP contribution in [0.15, 0.2) is 46.0 Å². The summed E-state index contributed by atoms with van der Waals surface area (Å²) in [6.07, 6.45) is 3.08. The summed E-state index contributed by atoms with van der Waals surface area (Å²) >= 11 is 3.37. The number of hydrazone groups is 1. The fourth-order valence-corrected chi connectivity index (χ4v) is 3.59. The van der Waals surface area contributed by atoms with Gasteiger partial charge in [-0.05, 0) is 68.1 Å². The molecule has 2 aromatic rings. The number of nitrogens with one attached hydrogen (secondary N) is 3. The van der Waals surface area contributed by atoms with Crippen LogP contribution in [0.25, 0.3) is 0 Å². The number of rotatable bonds is 8. The Labute approximate surface area is 206 Å². The van der Waals surface area contributed by atoms with Gasteiger partial charge in [0.15, 0.2) is 6.61 Å². The molecule has 0 aromatic heterocycles. The second kappa shape index (κ2) is 12.3. The van der Waals surface area contributed by atoms with Crippen LogP contribution in [0.2, 0.25) is 0 Å². The molecule has 0 saturated carbocycles. The average Bonchev–Trinajstić information content (AvgIpc) is 3.33. The first-order chi connectivity index (χ1) is 16.3. The molecule has 0 aliphatic carbocycles. The number of carbonyl (C=O) groups is 3. The minimum atomic E-state index is -0.889. The number of hydrogen-bond acceptors (Lipinski definition) is 6. The van der Waals surface area contributed by atoms with Crippen molar-refractivity contribution >= 4 is 45.6 Å². The maximum Gasteiger partial charge on any atom is 0.329 e. The molecule has 10 heteroatoms. The summed E-state index contributed by atoms with van der Waals surface area (Å²) in [7, 11) is 0. The lowest BCUT2D eigenvalue weighted by Crippen LogP contribution is -2.41. The van der Waals surface area contributed by atoms with E-state index in [0.29, 0.717) is 23.6 Å². The molecule has 2 aromatic carbocycles. The van der Waals surface area contributed by atoms with E-state index in [1.165, 1.54) is 6.21 Å². The molecule has 3 N–H and O–H groups in total. The van der Waals surface area contributed by atoms with Crippen LogP contribution >= 0.6 is 15.9 Å². The Bertz CT molecular complexity index is 1080. The van der Waals surface area contributed by atoms with Gasteiger partial charge in [-0.15, -0.1) is 0 Å². The molecule has 34 heavy (non-hydrogen) atoms. The molecule has 1 saturated heterocycles. The van der Waals surface area contributed by atoms with Crippen LogP contribution in [0.3, 0.4) is 0 Å². The lowest BCUT2D eigenvalue weighted by molar-refractivity contribution is -0.139. The van der Waals surface area contributed by atoms with Gasteiger partial charge < -0.3 is 20.1 Å². The van der Waals surface area contributed by atoms with Crippen LogP contribution in [0, 0.1) is 13.8 Å². The molecule has 0 bridgehead atoms. The van der Waals surface area contributed by atoms with Crippen molar-refractivity contribution in [3.63, 3.8) is 0 Å². The molecule has 1 aliphatic heterocycles. The zero-order valence-electron chi connectivity index (χ0n) is 19.0. The van der Waals surface area contributed by atoms with E-state index in [1.807, 2.05) is 32.0 Å². The van der Waals surface area contributed by atoms with Crippen molar-refractivity contribution in [3.8, 4) is 5.75 Å². The predicted molar refractivity (Wildman–Crippen MR) is 132 cm³/mol. The Morgan fingerprint density at radius 2 is 1.97 bits per heavy atom. The minimum absolute atomic E-state index is 0.0612. The quantitative estimate of drug-likeness (QED) is 0.275. The second-order valence-corrected chi connectivity index (χ2v) is 8.78. The molecule has 1 atom stereocenters. The normalized spacial score (nSPS) is 15.2. The van der Waals surface area contributed by atoms with Crippen molar-refractivity contribution in [1.29, 1.82) is 0 Å². The molecule has 0 unspecified atom stereocenters. The van der Waals surface area contributed by atoms with E-state index in [2.05, 4.69) is 37.1 Å². The summed E-state index contributed by atoms with van der Waals surface area (Å²) in [6, 6.07) is 10.8. The summed E-state index contributed by atoms with van der Waals surface area (Å²) in [5, 5.41) is 9.16. The largest absolute Gasteiger partial charge is 0.483 e. The fraction of sp³-hybridized carbons (Fsp3) is 0.333. The Morgan fingerprint density at radius 3 is 2.71 bits per heavy atom. The van der Waals surface area contributed by atoms with Crippen molar-refractivity contribution in [1.82, 2.24) is 10.7 Å². The van der Waals surface area contributed by atoms with Crippen LogP contribution in [0.5, 0.6) is 5.75 Å². The number of amides is 3. The van der Waals surface area contributed by atoms with Gasteiger partial charge in [-0.25, -0.2) is 5.43 Å². The highest BCUT2D eigenvalue weighted by Gasteiger charge is 2.19. The predicted octanol–water partition coefficient (Wildman–Crippen LogP) is 2.83. The Morgan fingerprint density at radius 1 is 1.15 bits per heavy atom. The van der Waals surface area contributed by atoms with E-state index in [4.69, 9.17) is 9.47 Å². The number of carbonyl (C=O) groups excluding carboxylic acids is 3. The van der Waals surface area contributed by atoms with Crippen LogP contribution in [-0.4, -0.2) is 49.8 Å². The lowest BCUT2D eigenvalue weighted by Gasteiger charge is -2.11. The molecule has 0 radical (unpaired) electrons. The molecule has 3 rings (SSSR count). The topological polar surface area (TPSA) is 118 Å². The SMILES string of the molecule is Cc1ccc(NC(=O)COc2ccc(Br)cc2/C=N\NC(=O)C(=O)NC[C@H]2CCCO2)cc1C. The molecule has 9 nitrogen and oxygen atoms in total. The van der Waals surface area contributed by atoms with Gasteiger partial charge in [-0.1, -0.05) is 22.0 Å². The van der Waals surface area contributed by atoms with Gasteiger partial charge in [0.05, 0.1) is 12.3 Å². The highest BCUT2D eigenvalue weighted by molar-refractivity contribution is 9.10. The van der Waals surface area contributed by atoms with Crippen LogP contribution in [-0.2, 0) is 19.1 Å². The summed E-state index contributed by atoms with van der Waals surface area (Å²) in [6.45, 7) is 4.71. The standard InChI is InChI=1S/C24H27BrN4O5/c1-15-5-7-19(10-16(15)2)28-22(30)14-34-21-8-6-18(25)11-17(21)12-27-29-24(32)23(31)26-13-20-4-3-9-33-20/h5-8,10-12,20H,3-4,9,13-14H2,1-2H3,(H,26,31)(H,28,30)(H,29,32)/b27-12-/t20-/m1/s1. The van der Waals surface area contributed by atoms with Crippen LogP contribution in [0.1, 0.15) is 29.5 Å². The summed E-state index contributed by atoms with van der Waals surface area (Å²) in [4.78, 5) is 36.2. The van der Waals surface area contributed by atoms with E-state index in [9.17, 15) is 14.4 Å². The van der Waals surface area contributed by atoms with Gasteiger partial charge in [0.25, 0.3) is 5.91 Å². The zero-order chi connectivity index (χ0) is 24.5. The number of aryl methyl sites for hydroxylation is 2. The highest BCUT2D eigenvalue weighted by atomic mass is 79.9. The van der Waals surface area contributed by atoms with E-state index in [-0.39, 0.29) is 25.2 Å². The number of halogens is 1. The molecule has 180 valence electrons. The summed E-state index contributed by atoms with van der Waals surface area (Å²) in [5.74, 6) is -1.61. The molecular formula is C24H27BrN4O5. The average molecular weight is 531 g/mol. The first kappa shape index (κ1) is 25.4. The molecular weight excluding hydrogens is 504 g/mol. The third-order valence-corrected chi connectivity index (χ3v) is 5.70. The smallest absolute Gasteiger partial charge is 0.329 e.